The number of rotatable bonds is 0. The molecule has 50 valence electrons. The first-order valence-electron chi connectivity index (χ1n) is 2.96. The van der Waals surface area contributed by atoms with Crippen LogP contribution in [0.2, 0.25) is 0 Å². The standard InChI is InChI=1S/C8H5O2.Li/c1-2-4-8-7(3-1)9-5-6-10-8;/h1-5H;/q-1;+1. The molecule has 1 aromatic rings. The number of fused-ring (bicyclic) bond motifs is 1. The molecule has 0 fully saturated rings. The second-order valence-electron chi connectivity index (χ2n) is 1.90. The fourth-order valence-corrected chi connectivity index (χ4v) is 0.807. The average molecular weight is 140 g/mol. The Morgan fingerprint density at radius 2 is 1.82 bits per heavy atom. The molecule has 0 spiro atoms. The van der Waals surface area contributed by atoms with Crippen molar-refractivity contribution in [3.63, 3.8) is 0 Å². The summed E-state index contributed by atoms with van der Waals surface area (Å²) in [5.74, 6) is 1.45. The van der Waals surface area contributed by atoms with Gasteiger partial charge in [0.05, 0.1) is 5.75 Å². The molecule has 1 heterocycles. The van der Waals surface area contributed by atoms with Crippen molar-refractivity contribution in [2.24, 2.45) is 0 Å². The molecule has 0 aromatic heterocycles. The van der Waals surface area contributed by atoms with Crippen LogP contribution in [0.15, 0.2) is 30.5 Å². The van der Waals surface area contributed by atoms with Gasteiger partial charge in [-0.25, -0.2) is 0 Å². The first-order valence-corrected chi connectivity index (χ1v) is 2.96. The number of benzene rings is 1. The molecule has 11 heavy (non-hydrogen) atoms. The van der Waals surface area contributed by atoms with Gasteiger partial charge in [-0.15, -0.1) is 6.07 Å². The third kappa shape index (κ3) is 1.59. The van der Waals surface area contributed by atoms with Crippen LogP contribution in [0.4, 0.5) is 0 Å². The fraction of sp³-hybridized carbons (Fsp3) is 0. The van der Waals surface area contributed by atoms with Gasteiger partial charge in [-0.05, 0) is 12.3 Å². The minimum absolute atomic E-state index is 0. The van der Waals surface area contributed by atoms with E-state index in [4.69, 9.17) is 9.47 Å². The molecular formula is C8H5LiO2. The van der Waals surface area contributed by atoms with Crippen molar-refractivity contribution in [3.8, 4) is 11.5 Å². The van der Waals surface area contributed by atoms with E-state index in [0.29, 0.717) is 5.75 Å². The van der Waals surface area contributed by atoms with E-state index in [1.165, 1.54) is 6.26 Å². The number of ether oxygens (including phenoxy) is 2. The van der Waals surface area contributed by atoms with Crippen molar-refractivity contribution < 1.29 is 28.3 Å². The molecule has 0 amide bonds. The number of hydrogen-bond donors (Lipinski definition) is 0. The van der Waals surface area contributed by atoms with Crippen LogP contribution in [0.1, 0.15) is 0 Å². The van der Waals surface area contributed by atoms with Crippen molar-refractivity contribution in [3.05, 3.63) is 36.8 Å². The predicted molar refractivity (Wildman–Crippen MR) is 35.5 cm³/mol. The maximum absolute atomic E-state index is 5.06. The summed E-state index contributed by atoms with van der Waals surface area (Å²) >= 11 is 0. The molecule has 0 bridgehead atoms. The van der Waals surface area contributed by atoms with Crippen LogP contribution in [0.5, 0.6) is 11.5 Å². The fourth-order valence-electron chi connectivity index (χ4n) is 0.807. The third-order valence-electron chi connectivity index (χ3n) is 1.25. The Morgan fingerprint density at radius 3 is 2.55 bits per heavy atom. The van der Waals surface area contributed by atoms with Crippen LogP contribution in [0.25, 0.3) is 0 Å². The predicted octanol–water partition coefficient (Wildman–Crippen LogP) is -1.26. The summed E-state index contributed by atoms with van der Waals surface area (Å²) in [5.41, 5.74) is 0. The van der Waals surface area contributed by atoms with E-state index in [9.17, 15) is 0 Å². The zero-order valence-electron chi connectivity index (χ0n) is 6.20. The zero-order valence-corrected chi connectivity index (χ0v) is 6.20. The summed E-state index contributed by atoms with van der Waals surface area (Å²) in [6.07, 6.45) is 3.88. The zero-order chi connectivity index (χ0) is 6.81. The van der Waals surface area contributed by atoms with Crippen molar-refractivity contribution in [2.45, 2.75) is 0 Å². The molecule has 0 atom stereocenters. The smallest absolute Gasteiger partial charge is 0.636 e. The summed E-state index contributed by atoms with van der Waals surface area (Å²) in [5, 5.41) is 0. The maximum atomic E-state index is 5.06. The van der Waals surface area contributed by atoms with Crippen LogP contribution >= 0.6 is 0 Å². The summed E-state index contributed by atoms with van der Waals surface area (Å²) in [6, 6.07) is 7.44. The third-order valence-corrected chi connectivity index (χ3v) is 1.25. The Kier molecular flexibility index (Phi) is 2.64. The summed E-state index contributed by atoms with van der Waals surface area (Å²) in [6.45, 7) is 0. The van der Waals surface area contributed by atoms with Crippen molar-refractivity contribution in [2.75, 3.05) is 0 Å². The maximum Gasteiger partial charge on any atom is 1.00 e. The molecule has 3 heteroatoms. The summed E-state index contributed by atoms with van der Waals surface area (Å²) < 4.78 is 10.1. The van der Waals surface area contributed by atoms with Gasteiger partial charge >= 0.3 is 18.9 Å². The molecule has 1 aromatic carbocycles. The topological polar surface area (TPSA) is 18.5 Å². The number of para-hydroxylation sites is 2. The van der Waals surface area contributed by atoms with Crippen LogP contribution in [0, 0.1) is 6.26 Å². The molecule has 0 aliphatic carbocycles. The second-order valence-corrected chi connectivity index (χ2v) is 1.90. The molecule has 0 saturated carbocycles. The van der Waals surface area contributed by atoms with Gasteiger partial charge < -0.3 is 9.47 Å². The Labute approximate surface area is 77.0 Å². The molecule has 2 nitrogen and oxygen atoms in total. The minimum Gasteiger partial charge on any atom is -0.636 e. The van der Waals surface area contributed by atoms with Crippen LogP contribution in [-0.4, -0.2) is 0 Å². The molecule has 0 N–H and O–H groups in total. The van der Waals surface area contributed by atoms with E-state index >= 15 is 0 Å². The SMILES string of the molecule is [C-]1=COc2ccccc2O1.[Li+]. The summed E-state index contributed by atoms with van der Waals surface area (Å²) in [7, 11) is 0. The van der Waals surface area contributed by atoms with E-state index in [1.807, 2.05) is 24.3 Å². The van der Waals surface area contributed by atoms with Crippen molar-refractivity contribution >= 4 is 0 Å². The van der Waals surface area contributed by atoms with Gasteiger partial charge in [0.15, 0.2) is 0 Å². The van der Waals surface area contributed by atoms with Crippen molar-refractivity contribution in [1.29, 1.82) is 0 Å². The monoisotopic (exact) mass is 140 g/mol. The molecule has 1 aliphatic rings. The van der Waals surface area contributed by atoms with E-state index in [-0.39, 0.29) is 18.9 Å². The Balaban J connectivity index is 0.000000605. The normalized spacial score (nSPS) is 12.0. The Morgan fingerprint density at radius 1 is 1.09 bits per heavy atom. The van der Waals surface area contributed by atoms with Crippen molar-refractivity contribution in [1.82, 2.24) is 0 Å². The van der Waals surface area contributed by atoms with Crippen LogP contribution < -0.4 is 28.3 Å². The van der Waals surface area contributed by atoms with Gasteiger partial charge in [0.2, 0.25) is 0 Å². The summed E-state index contributed by atoms with van der Waals surface area (Å²) in [4.78, 5) is 0. The van der Waals surface area contributed by atoms with Gasteiger partial charge in [-0.2, -0.15) is 0 Å². The molecule has 0 unspecified atom stereocenters. The van der Waals surface area contributed by atoms with Crippen LogP contribution in [0.3, 0.4) is 0 Å². The number of hydrogen-bond acceptors (Lipinski definition) is 2. The van der Waals surface area contributed by atoms with Gasteiger partial charge in [0.25, 0.3) is 0 Å². The average Bonchev–Trinajstić information content (AvgIpc) is 2.05. The molecule has 1 aliphatic heterocycles. The van der Waals surface area contributed by atoms with E-state index in [1.54, 1.807) is 0 Å². The first kappa shape index (κ1) is 8.26. The first-order chi connectivity index (χ1) is 4.97. The van der Waals surface area contributed by atoms with E-state index in [2.05, 4.69) is 6.26 Å². The largest absolute Gasteiger partial charge is 1.00 e. The van der Waals surface area contributed by atoms with Gasteiger partial charge in [-0.1, -0.05) is 12.1 Å². The molecule has 2 rings (SSSR count). The Bertz CT molecular complexity index is 244. The molecule has 0 radical (unpaired) electrons. The van der Waals surface area contributed by atoms with Crippen LogP contribution in [-0.2, 0) is 0 Å². The quantitative estimate of drug-likeness (QED) is 0.330. The van der Waals surface area contributed by atoms with Gasteiger partial charge in [-0.3, -0.25) is 0 Å². The van der Waals surface area contributed by atoms with E-state index in [0.717, 1.165) is 5.75 Å². The minimum atomic E-state index is 0. The van der Waals surface area contributed by atoms with Gasteiger partial charge in [0.1, 0.15) is 0 Å². The molecular weight excluding hydrogens is 135 g/mol. The molecule has 0 saturated heterocycles. The second kappa shape index (κ2) is 3.52. The Hall–Kier alpha value is -0.843. The van der Waals surface area contributed by atoms with E-state index < -0.39 is 0 Å². The van der Waals surface area contributed by atoms with Gasteiger partial charge in [0, 0.05) is 12.0 Å².